The lowest BCUT2D eigenvalue weighted by Gasteiger charge is -2.36. The standard InChI is InChI=1S/C10F21O6S3/c11-2(12,5(17,18)19)8(26,27)36-38(32)1(35-40(34)10(30,31)4(15,16)7(23,24)25)39(33)37-9(28,29)3(13,14)6(20,21)22/q-1. The fourth-order valence-electron chi connectivity index (χ4n) is 1.19. The summed E-state index contributed by atoms with van der Waals surface area (Å²) in [6.07, 6.45) is -37.3. The van der Waals surface area contributed by atoms with Crippen LogP contribution in [0.15, 0.2) is 0 Å². The number of hydrogen-bond acceptors (Lipinski definition) is 6. The van der Waals surface area contributed by atoms with Crippen molar-refractivity contribution in [3.05, 3.63) is 4.77 Å². The summed E-state index contributed by atoms with van der Waals surface area (Å²) in [5.74, 6) is -22.9. The predicted molar refractivity (Wildman–Crippen MR) is 78.8 cm³/mol. The highest BCUT2D eigenvalue weighted by Gasteiger charge is 2.78. The molecule has 0 aromatic heterocycles. The van der Waals surface area contributed by atoms with Crippen LogP contribution >= 0.6 is 0 Å². The Kier molecular flexibility index (Phi) is 10.9. The second kappa shape index (κ2) is 11.2. The van der Waals surface area contributed by atoms with Gasteiger partial charge >= 0.3 is 53.8 Å². The summed E-state index contributed by atoms with van der Waals surface area (Å²) in [6.45, 7) is 0. The van der Waals surface area contributed by atoms with E-state index in [1.54, 1.807) is 0 Å². The van der Waals surface area contributed by atoms with Crippen molar-refractivity contribution >= 4 is 33.2 Å². The van der Waals surface area contributed by atoms with Gasteiger partial charge in [0.1, 0.15) is 0 Å². The third kappa shape index (κ3) is 7.25. The molecule has 0 aromatic rings. The van der Waals surface area contributed by atoms with Crippen LogP contribution < -0.4 is 0 Å². The van der Waals surface area contributed by atoms with Crippen molar-refractivity contribution in [1.29, 1.82) is 0 Å². The zero-order valence-electron chi connectivity index (χ0n) is 16.6. The first kappa shape index (κ1) is 38.9. The highest BCUT2D eigenvalue weighted by Crippen LogP contribution is 2.52. The van der Waals surface area contributed by atoms with Crippen molar-refractivity contribution in [2.24, 2.45) is 0 Å². The van der Waals surface area contributed by atoms with E-state index < -0.39 is 91.8 Å². The van der Waals surface area contributed by atoms with Crippen LogP contribution in [0.25, 0.3) is 0 Å². The first-order valence-corrected chi connectivity index (χ1v) is 10.9. The first-order chi connectivity index (χ1) is 17.0. The van der Waals surface area contributed by atoms with Gasteiger partial charge in [-0.2, -0.15) is 92.2 Å². The SMILES string of the molecule is O=S(OC(F)(F)C(F)(F)C(F)(F)F)[C-](OS(=O)C(F)(F)C(F)(F)C(F)(F)F)S(=O)OC(F)(F)C(F)(F)C(F)(F)F. The molecule has 0 heterocycles. The Morgan fingerprint density at radius 3 is 0.900 bits per heavy atom. The van der Waals surface area contributed by atoms with E-state index in [4.69, 9.17) is 0 Å². The van der Waals surface area contributed by atoms with Gasteiger partial charge in [-0.05, 0) is 0 Å². The molecule has 40 heavy (non-hydrogen) atoms. The minimum atomic E-state index is -7.65. The fraction of sp³-hybridized carbons (Fsp3) is 0.900. The maximum absolute atomic E-state index is 13.3. The monoisotopic (exact) mass is 711 g/mol. The molecule has 0 bridgehead atoms. The number of hydrogen-bond donors (Lipinski definition) is 0. The molecule has 0 saturated carbocycles. The maximum Gasteiger partial charge on any atom is 0.462 e. The Morgan fingerprint density at radius 1 is 0.425 bits per heavy atom. The molecule has 3 unspecified atom stereocenters. The molecule has 6 nitrogen and oxygen atoms in total. The lowest BCUT2D eigenvalue weighted by Crippen LogP contribution is -2.56. The molecule has 3 atom stereocenters. The third-order valence-electron chi connectivity index (χ3n) is 3.15. The van der Waals surface area contributed by atoms with Gasteiger partial charge in [0.15, 0.2) is 0 Å². The normalized spacial score (nSPS) is 18.1. The summed E-state index contributed by atoms with van der Waals surface area (Å²) in [6, 6.07) is 0. The Labute approximate surface area is 210 Å². The van der Waals surface area contributed by atoms with E-state index in [1.165, 1.54) is 0 Å². The molecule has 0 aliphatic rings. The molecule has 0 amide bonds. The van der Waals surface area contributed by atoms with Crippen LogP contribution in [0.5, 0.6) is 0 Å². The van der Waals surface area contributed by atoms with E-state index in [0.717, 1.165) is 0 Å². The topological polar surface area (TPSA) is 78.9 Å². The van der Waals surface area contributed by atoms with Crippen molar-refractivity contribution in [2.45, 2.75) is 53.8 Å². The fourth-order valence-corrected chi connectivity index (χ4v) is 3.93. The van der Waals surface area contributed by atoms with Gasteiger partial charge in [-0.15, -0.1) is 0 Å². The zero-order chi connectivity index (χ0) is 32.9. The molecule has 0 aromatic carbocycles. The Balaban J connectivity index is 6.73. The summed E-state index contributed by atoms with van der Waals surface area (Å²) < 4.78 is 301. The van der Waals surface area contributed by atoms with E-state index in [0.29, 0.717) is 0 Å². The highest BCUT2D eigenvalue weighted by molar-refractivity contribution is 8.03. The van der Waals surface area contributed by atoms with E-state index >= 15 is 0 Å². The summed E-state index contributed by atoms with van der Waals surface area (Å²) in [5, 5.41) is -7.40. The second-order valence-corrected chi connectivity index (χ2v) is 9.39. The number of halogens is 21. The third-order valence-corrected chi connectivity index (χ3v) is 6.60. The quantitative estimate of drug-likeness (QED) is 0.187. The van der Waals surface area contributed by atoms with Crippen molar-refractivity contribution in [3.63, 3.8) is 0 Å². The summed E-state index contributed by atoms with van der Waals surface area (Å²) >= 11 is -17.7. The van der Waals surface area contributed by atoms with Gasteiger partial charge in [-0.1, -0.05) is 0 Å². The van der Waals surface area contributed by atoms with Gasteiger partial charge in [0.2, 0.25) is 11.1 Å². The van der Waals surface area contributed by atoms with Crippen LogP contribution in [-0.4, -0.2) is 66.4 Å². The molecule has 0 radical (unpaired) electrons. The first-order valence-electron chi connectivity index (χ1n) is 7.69. The van der Waals surface area contributed by atoms with E-state index in [-0.39, 0.29) is 0 Å². The molecule has 0 spiro atoms. The van der Waals surface area contributed by atoms with Crippen LogP contribution in [0.4, 0.5) is 92.2 Å². The smallest absolute Gasteiger partial charge is 0.428 e. The second-order valence-electron chi connectivity index (χ2n) is 5.97. The lowest BCUT2D eigenvalue weighted by atomic mass is 10.3. The average Bonchev–Trinajstić information content (AvgIpc) is 2.67. The molecular formula is C10F21O6S3-. The van der Waals surface area contributed by atoms with Crippen molar-refractivity contribution < 1.29 is 117 Å². The summed E-state index contributed by atoms with van der Waals surface area (Å²) in [4.78, 5) is 0. The largest absolute Gasteiger partial charge is 0.462 e. The average molecular weight is 711 g/mol. The molecule has 0 aliphatic heterocycles. The van der Waals surface area contributed by atoms with Crippen LogP contribution in [0.3, 0.4) is 0 Å². The van der Waals surface area contributed by atoms with Gasteiger partial charge in [-0.25, -0.2) is 12.6 Å². The van der Waals surface area contributed by atoms with E-state index in [1.807, 2.05) is 8.37 Å². The van der Waals surface area contributed by atoms with Gasteiger partial charge in [-0.3, -0.25) is 8.42 Å². The Morgan fingerprint density at radius 2 is 0.675 bits per heavy atom. The minimum Gasteiger partial charge on any atom is -0.428 e. The molecular weight excluding hydrogens is 711 g/mol. The van der Waals surface area contributed by atoms with Gasteiger partial charge in [0, 0.05) is 26.9 Å². The zero-order valence-corrected chi connectivity index (χ0v) is 19.1. The minimum absolute atomic E-state index is 2.04. The summed E-state index contributed by atoms with van der Waals surface area (Å²) in [7, 11) is 0. The molecule has 0 rings (SSSR count). The van der Waals surface area contributed by atoms with E-state index in [9.17, 15) is 105 Å². The maximum atomic E-state index is 13.3. The Bertz CT molecular complexity index is 931. The van der Waals surface area contributed by atoms with Crippen molar-refractivity contribution in [1.82, 2.24) is 0 Å². The number of rotatable bonds is 12. The molecule has 0 aliphatic carbocycles. The Hall–Kier alpha value is -1.14. The predicted octanol–water partition coefficient (Wildman–Crippen LogP) is 5.85. The number of alkyl halides is 21. The van der Waals surface area contributed by atoms with Crippen molar-refractivity contribution in [3.8, 4) is 0 Å². The summed E-state index contributed by atoms with van der Waals surface area (Å²) in [5.41, 5.74) is 0. The van der Waals surface area contributed by atoms with E-state index in [2.05, 4.69) is 4.18 Å². The van der Waals surface area contributed by atoms with Crippen LogP contribution in [0.1, 0.15) is 0 Å². The van der Waals surface area contributed by atoms with Gasteiger partial charge in [0.25, 0.3) is 0 Å². The van der Waals surface area contributed by atoms with Gasteiger partial charge in [0.05, 0.1) is 0 Å². The van der Waals surface area contributed by atoms with Crippen molar-refractivity contribution in [2.75, 3.05) is 0 Å². The molecule has 242 valence electrons. The van der Waals surface area contributed by atoms with Crippen LogP contribution in [0, 0.1) is 4.77 Å². The van der Waals surface area contributed by atoms with Crippen LogP contribution in [0.2, 0.25) is 0 Å². The molecule has 0 fully saturated rings. The van der Waals surface area contributed by atoms with Crippen LogP contribution in [-0.2, 0) is 45.8 Å². The van der Waals surface area contributed by atoms with Gasteiger partial charge < -0.3 is 4.18 Å². The lowest BCUT2D eigenvalue weighted by molar-refractivity contribution is -0.401. The molecule has 0 saturated heterocycles. The molecule has 30 heteroatoms. The highest BCUT2D eigenvalue weighted by atomic mass is 32.3. The molecule has 0 N–H and O–H groups in total.